The maximum absolute atomic E-state index is 11.3. The molecule has 90 valence electrons. The Kier molecular flexibility index (Phi) is 2.62. The summed E-state index contributed by atoms with van der Waals surface area (Å²) in [5, 5.41) is 7.26. The van der Waals surface area contributed by atoms with Gasteiger partial charge in [-0.3, -0.25) is 0 Å². The summed E-state index contributed by atoms with van der Waals surface area (Å²) in [4.78, 5) is 17.9. The molecular weight excluding hydrogens is 286 g/mol. The van der Waals surface area contributed by atoms with Crippen molar-refractivity contribution in [3.05, 3.63) is 22.9 Å². The molecule has 1 N–H and O–H groups in total. The Balaban J connectivity index is 2.00. The van der Waals surface area contributed by atoms with Crippen LogP contribution >= 0.6 is 15.9 Å². The average molecular weight is 298 g/mol. The quantitative estimate of drug-likeness (QED) is 0.847. The first-order chi connectivity index (χ1) is 8.29. The Labute approximate surface area is 106 Å². The second kappa shape index (κ2) is 4.14. The number of aromatic nitrogens is 4. The zero-order chi connectivity index (χ0) is 11.8. The molecule has 0 radical (unpaired) electrons. The van der Waals surface area contributed by atoms with Crippen LogP contribution in [0.4, 0.5) is 5.82 Å². The number of H-pyrrole nitrogens is 1. The van der Waals surface area contributed by atoms with E-state index in [1.807, 2.05) is 6.07 Å². The number of alkyl halides is 1. The number of hydrogen-bond donors (Lipinski definition) is 1. The van der Waals surface area contributed by atoms with Crippen molar-refractivity contribution in [3.63, 3.8) is 0 Å². The van der Waals surface area contributed by atoms with Gasteiger partial charge in [-0.25, -0.2) is 19.3 Å². The van der Waals surface area contributed by atoms with Crippen LogP contribution in [0.2, 0.25) is 0 Å². The van der Waals surface area contributed by atoms with E-state index in [1.165, 1.54) is 23.6 Å². The minimum absolute atomic E-state index is 0.252. The van der Waals surface area contributed by atoms with E-state index in [0.29, 0.717) is 11.7 Å². The highest BCUT2D eigenvalue weighted by molar-refractivity contribution is 9.09. The Bertz CT molecular complexity index is 588. The fraction of sp³-hybridized carbons (Fsp3) is 0.500. The number of rotatable bonds is 4. The molecule has 0 spiro atoms. The molecule has 3 rings (SSSR count). The van der Waals surface area contributed by atoms with Gasteiger partial charge in [0.25, 0.3) is 0 Å². The number of fused-ring (bicyclic) bond motifs is 1. The van der Waals surface area contributed by atoms with Gasteiger partial charge in [0, 0.05) is 24.0 Å². The van der Waals surface area contributed by atoms with Crippen LogP contribution in [0.3, 0.4) is 0 Å². The zero-order valence-electron chi connectivity index (χ0n) is 9.14. The van der Waals surface area contributed by atoms with Crippen LogP contribution in [0.5, 0.6) is 0 Å². The lowest BCUT2D eigenvalue weighted by Crippen LogP contribution is -2.28. The number of halogens is 1. The molecule has 0 saturated heterocycles. The van der Waals surface area contributed by atoms with Crippen molar-refractivity contribution < 1.29 is 0 Å². The van der Waals surface area contributed by atoms with E-state index < -0.39 is 0 Å². The van der Waals surface area contributed by atoms with Gasteiger partial charge < -0.3 is 4.90 Å². The van der Waals surface area contributed by atoms with E-state index in [1.54, 1.807) is 0 Å². The second-order valence-corrected chi connectivity index (χ2v) is 4.91. The maximum atomic E-state index is 11.3. The lowest BCUT2D eigenvalue weighted by molar-refractivity contribution is 0.810. The van der Waals surface area contributed by atoms with Gasteiger partial charge in [-0.05, 0) is 12.8 Å². The van der Waals surface area contributed by atoms with Gasteiger partial charge in [-0.2, -0.15) is 5.10 Å². The van der Waals surface area contributed by atoms with E-state index in [2.05, 4.69) is 36.0 Å². The van der Waals surface area contributed by atoms with E-state index in [4.69, 9.17) is 0 Å². The lowest BCUT2D eigenvalue weighted by atomic mass is 10.4. The highest BCUT2D eigenvalue weighted by Crippen LogP contribution is 2.30. The van der Waals surface area contributed by atoms with Crippen molar-refractivity contribution in [2.45, 2.75) is 18.9 Å². The molecule has 0 aromatic carbocycles. The molecule has 7 heteroatoms. The summed E-state index contributed by atoms with van der Waals surface area (Å²) in [7, 11) is 0. The molecule has 0 atom stereocenters. The van der Waals surface area contributed by atoms with E-state index in [-0.39, 0.29) is 5.69 Å². The fourth-order valence-electron chi connectivity index (χ4n) is 1.92. The minimum atomic E-state index is -0.252. The van der Waals surface area contributed by atoms with Crippen molar-refractivity contribution in [1.29, 1.82) is 0 Å². The number of aromatic amines is 1. The predicted molar refractivity (Wildman–Crippen MR) is 67.8 cm³/mol. The monoisotopic (exact) mass is 297 g/mol. The van der Waals surface area contributed by atoms with Crippen molar-refractivity contribution in [2.75, 3.05) is 16.8 Å². The molecule has 1 aliphatic rings. The van der Waals surface area contributed by atoms with Crippen molar-refractivity contribution in [3.8, 4) is 0 Å². The largest absolute Gasteiger partial charge is 0.353 e. The highest BCUT2D eigenvalue weighted by Gasteiger charge is 2.29. The van der Waals surface area contributed by atoms with Gasteiger partial charge in [0.15, 0.2) is 5.65 Å². The molecule has 2 aromatic heterocycles. The number of hydrogen-bond acceptors (Lipinski definition) is 4. The van der Waals surface area contributed by atoms with Crippen molar-refractivity contribution in [2.24, 2.45) is 0 Å². The molecule has 17 heavy (non-hydrogen) atoms. The summed E-state index contributed by atoms with van der Waals surface area (Å²) in [6, 6.07) is 2.44. The van der Waals surface area contributed by atoms with Crippen molar-refractivity contribution >= 4 is 27.4 Å². The smallest absolute Gasteiger partial charge is 0.348 e. The predicted octanol–water partition coefficient (Wildman–Crippen LogP) is 0.781. The third-order valence-electron chi connectivity index (χ3n) is 2.90. The third kappa shape index (κ3) is 1.95. The number of anilines is 1. The SMILES string of the molecule is O=c1[nH]nc2cc(N(CCBr)C3CC3)ncn12. The van der Waals surface area contributed by atoms with Crippen LogP contribution < -0.4 is 10.6 Å². The topological polar surface area (TPSA) is 66.3 Å². The standard InChI is InChI=1S/C10H12BrN5O/c11-3-4-15(7-1-2-7)8-5-9-13-14-10(17)16(9)6-12-8/h5-7H,1-4H2,(H,14,17). The lowest BCUT2D eigenvalue weighted by Gasteiger charge is -2.22. The molecular formula is C10H12BrN5O. The fourth-order valence-corrected chi connectivity index (χ4v) is 2.30. The van der Waals surface area contributed by atoms with Gasteiger partial charge in [0.2, 0.25) is 0 Å². The van der Waals surface area contributed by atoms with Crippen LogP contribution in [0.15, 0.2) is 17.2 Å². The van der Waals surface area contributed by atoms with Gasteiger partial charge in [-0.15, -0.1) is 0 Å². The van der Waals surface area contributed by atoms with Gasteiger partial charge >= 0.3 is 5.69 Å². The number of nitrogens with zero attached hydrogens (tertiary/aromatic N) is 4. The molecule has 1 fully saturated rings. The van der Waals surface area contributed by atoms with Gasteiger partial charge in [0.05, 0.1) is 0 Å². The molecule has 0 unspecified atom stereocenters. The summed E-state index contributed by atoms with van der Waals surface area (Å²) < 4.78 is 1.41. The van der Waals surface area contributed by atoms with Crippen LogP contribution in [0.25, 0.3) is 5.65 Å². The normalized spacial score (nSPS) is 15.4. The van der Waals surface area contributed by atoms with E-state index in [0.717, 1.165) is 17.7 Å². The highest BCUT2D eigenvalue weighted by atomic mass is 79.9. The molecule has 0 amide bonds. The molecule has 2 heterocycles. The zero-order valence-corrected chi connectivity index (χ0v) is 10.7. The van der Waals surface area contributed by atoms with E-state index >= 15 is 0 Å². The molecule has 1 aliphatic carbocycles. The third-order valence-corrected chi connectivity index (χ3v) is 3.26. The van der Waals surface area contributed by atoms with Crippen LogP contribution in [-0.4, -0.2) is 37.5 Å². The Morgan fingerprint density at radius 1 is 1.59 bits per heavy atom. The summed E-state index contributed by atoms with van der Waals surface area (Å²) in [6.07, 6.45) is 3.96. The Hall–Kier alpha value is -1.37. The summed E-state index contributed by atoms with van der Waals surface area (Å²) in [5.41, 5.74) is 0.359. The first kappa shape index (κ1) is 10.8. The van der Waals surface area contributed by atoms with Crippen molar-refractivity contribution in [1.82, 2.24) is 19.6 Å². The van der Waals surface area contributed by atoms with Gasteiger partial charge in [0.1, 0.15) is 12.1 Å². The van der Waals surface area contributed by atoms with E-state index in [9.17, 15) is 4.79 Å². The minimum Gasteiger partial charge on any atom is -0.353 e. The average Bonchev–Trinajstić information content (AvgIpc) is 3.11. The summed E-state index contributed by atoms with van der Waals surface area (Å²) >= 11 is 3.45. The first-order valence-corrected chi connectivity index (χ1v) is 6.67. The summed E-state index contributed by atoms with van der Waals surface area (Å²) in [6.45, 7) is 0.919. The summed E-state index contributed by atoms with van der Waals surface area (Å²) in [5.74, 6) is 0.887. The Morgan fingerprint density at radius 2 is 2.41 bits per heavy atom. The maximum Gasteiger partial charge on any atom is 0.348 e. The van der Waals surface area contributed by atoms with Gasteiger partial charge in [-0.1, -0.05) is 15.9 Å². The first-order valence-electron chi connectivity index (χ1n) is 5.55. The van der Waals surface area contributed by atoms with Crippen LogP contribution in [0, 0.1) is 0 Å². The molecule has 0 aliphatic heterocycles. The molecule has 1 saturated carbocycles. The molecule has 0 bridgehead atoms. The Morgan fingerprint density at radius 3 is 3.12 bits per heavy atom. The van der Waals surface area contributed by atoms with Crippen LogP contribution in [-0.2, 0) is 0 Å². The van der Waals surface area contributed by atoms with Crippen LogP contribution in [0.1, 0.15) is 12.8 Å². The number of nitrogens with one attached hydrogen (secondary N) is 1. The molecule has 6 nitrogen and oxygen atoms in total. The molecule has 2 aromatic rings. The second-order valence-electron chi connectivity index (χ2n) is 4.12.